The van der Waals surface area contributed by atoms with E-state index in [4.69, 9.17) is 16.3 Å². The number of rotatable bonds is 4. The van der Waals surface area contributed by atoms with Crippen molar-refractivity contribution in [1.29, 1.82) is 0 Å². The lowest BCUT2D eigenvalue weighted by molar-refractivity contribution is -0.153. The number of esters is 1. The van der Waals surface area contributed by atoms with E-state index >= 15 is 0 Å². The number of benzene rings is 1. The topological polar surface area (TPSA) is 55.8 Å². The summed E-state index contributed by atoms with van der Waals surface area (Å²) in [5.41, 5.74) is -0.132. The Kier molecular flexibility index (Phi) is 4.72. The first-order valence-corrected chi connectivity index (χ1v) is 5.27. The van der Waals surface area contributed by atoms with Gasteiger partial charge < -0.3 is 14.6 Å². The van der Waals surface area contributed by atoms with Crippen LogP contribution in [0.1, 0.15) is 18.6 Å². The minimum atomic E-state index is -1.67. The minimum absolute atomic E-state index is 0.0313. The van der Waals surface area contributed by atoms with Crippen LogP contribution in [0.3, 0.4) is 0 Å². The monoisotopic (exact) mass is 262 g/mol. The molecule has 1 N–H and O–H groups in total. The molecule has 1 rings (SSSR count). The minimum Gasteiger partial charge on any atom is -0.493 e. The number of hydrogen-bond donors (Lipinski definition) is 1. The molecule has 1 aromatic carbocycles. The molecule has 0 saturated carbocycles. The van der Waals surface area contributed by atoms with Crippen molar-refractivity contribution in [1.82, 2.24) is 0 Å². The number of carbonyl (C=O) groups is 1. The summed E-state index contributed by atoms with van der Waals surface area (Å²) < 4.78 is 22.8. The van der Waals surface area contributed by atoms with Gasteiger partial charge in [-0.05, 0) is 19.1 Å². The van der Waals surface area contributed by atoms with Gasteiger partial charge in [-0.2, -0.15) is 0 Å². The van der Waals surface area contributed by atoms with Gasteiger partial charge in [0.05, 0.1) is 24.3 Å². The highest BCUT2D eigenvalue weighted by atomic mass is 35.5. The van der Waals surface area contributed by atoms with Gasteiger partial charge in [-0.3, -0.25) is 0 Å². The first kappa shape index (κ1) is 13.7. The SMILES string of the molecule is CCOC(=O)C(O)c1c(Cl)ccc(F)c1OC. The van der Waals surface area contributed by atoms with Crippen LogP contribution in [0, 0.1) is 5.82 Å². The highest BCUT2D eigenvalue weighted by molar-refractivity contribution is 6.31. The maximum absolute atomic E-state index is 13.4. The Labute approximate surface area is 103 Å². The number of halogens is 2. The van der Waals surface area contributed by atoms with Crippen LogP contribution >= 0.6 is 11.6 Å². The third-order valence-corrected chi connectivity index (χ3v) is 2.41. The quantitative estimate of drug-likeness (QED) is 0.844. The summed E-state index contributed by atoms with van der Waals surface area (Å²) in [5.74, 6) is -1.88. The molecule has 0 radical (unpaired) electrons. The van der Waals surface area contributed by atoms with Crippen LogP contribution in [0.4, 0.5) is 4.39 Å². The summed E-state index contributed by atoms with van der Waals surface area (Å²) in [6.45, 7) is 1.69. The van der Waals surface area contributed by atoms with E-state index in [1.807, 2.05) is 0 Å². The summed E-state index contributed by atoms with van der Waals surface area (Å²) in [6, 6.07) is 2.32. The summed E-state index contributed by atoms with van der Waals surface area (Å²) in [7, 11) is 1.22. The fourth-order valence-corrected chi connectivity index (χ4v) is 1.60. The Morgan fingerprint density at radius 2 is 2.24 bits per heavy atom. The molecule has 1 unspecified atom stereocenters. The molecule has 6 heteroatoms. The van der Waals surface area contributed by atoms with Gasteiger partial charge in [0.2, 0.25) is 0 Å². The highest BCUT2D eigenvalue weighted by Gasteiger charge is 2.27. The van der Waals surface area contributed by atoms with Crippen LogP contribution in [0.25, 0.3) is 0 Å². The van der Waals surface area contributed by atoms with Crippen molar-refractivity contribution in [3.05, 3.63) is 28.5 Å². The van der Waals surface area contributed by atoms with Crippen LogP contribution in [0.5, 0.6) is 5.75 Å². The van der Waals surface area contributed by atoms with E-state index in [2.05, 4.69) is 4.74 Å². The van der Waals surface area contributed by atoms with Crippen LogP contribution in [-0.2, 0) is 9.53 Å². The molecule has 0 bridgehead atoms. The van der Waals surface area contributed by atoms with Crippen molar-refractivity contribution >= 4 is 17.6 Å². The molecule has 0 saturated heterocycles. The average Bonchev–Trinajstić information content (AvgIpc) is 2.31. The van der Waals surface area contributed by atoms with Gasteiger partial charge in [-0.1, -0.05) is 11.6 Å². The first-order chi connectivity index (χ1) is 8.02. The lowest BCUT2D eigenvalue weighted by atomic mass is 10.1. The predicted molar refractivity (Wildman–Crippen MR) is 59.6 cm³/mol. The Hall–Kier alpha value is -1.33. The van der Waals surface area contributed by atoms with Gasteiger partial charge in [0.15, 0.2) is 17.7 Å². The Balaban J connectivity index is 3.20. The molecule has 4 nitrogen and oxygen atoms in total. The molecule has 0 aliphatic rings. The number of methoxy groups -OCH3 is 1. The summed E-state index contributed by atoms with van der Waals surface area (Å²) >= 11 is 5.80. The normalized spacial score (nSPS) is 12.1. The molecule has 17 heavy (non-hydrogen) atoms. The first-order valence-electron chi connectivity index (χ1n) is 4.89. The van der Waals surface area contributed by atoms with Crippen molar-refractivity contribution in [2.24, 2.45) is 0 Å². The molecule has 1 atom stereocenters. The molecule has 0 aliphatic heterocycles. The zero-order valence-electron chi connectivity index (χ0n) is 9.37. The van der Waals surface area contributed by atoms with Gasteiger partial charge in [0, 0.05) is 0 Å². The van der Waals surface area contributed by atoms with Crippen LogP contribution in [0.15, 0.2) is 12.1 Å². The zero-order valence-corrected chi connectivity index (χ0v) is 10.1. The van der Waals surface area contributed by atoms with Gasteiger partial charge in [0.1, 0.15) is 0 Å². The number of aliphatic hydroxyl groups is 1. The van der Waals surface area contributed by atoms with Crippen LogP contribution < -0.4 is 4.74 Å². The van der Waals surface area contributed by atoms with Crippen molar-refractivity contribution in [3.8, 4) is 5.75 Å². The molecule has 0 spiro atoms. The smallest absolute Gasteiger partial charge is 0.339 e. The van der Waals surface area contributed by atoms with Crippen molar-refractivity contribution in [2.75, 3.05) is 13.7 Å². The standard InChI is InChI=1S/C11H12ClFO4/c1-3-17-11(15)9(14)8-6(12)4-5-7(13)10(8)16-2/h4-5,9,14H,3H2,1-2H3. The number of carbonyl (C=O) groups excluding carboxylic acids is 1. The molecule has 94 valence electrons. The fourth-order valence-electron chi connectivity index (χ4n) is 1.35. The van der Waals surface area contributed by atoms with Crippen molar-refractivity contribution < 1.29 is 23.8 Å². The number of ether oxygens (including phenoxy) is 2. The van der Waals surface area contributed by atoms with Crippen LogP contribution in [-0.4, -0.2) is 24.8 Å². The van der Waals surface area contributed by atoms with Crippen molar-refractivity contribution in [2.45, 2.75) is 13.0 Å². The van der Waals surface area contributed by atoms with Crippen molar-refractivity contribution in [3.63, 3.8) is 0 Å². The second-order valence-electron chi connectivity index (χ2n) is 3.13. The summed E-state index contributed by atoms with van der Waals surface area (Å²) in [4.78, 5) is 11.4. The molecule has 1 aromatic rings. The van der Waals surface area contributed by atoms with E-state index in [-0.39, 0.29) is 22.9 Å². The largest absolute Gasteiger partial charge is 0.493 e. The van der Waals surface area contributed by atoms with Gasteiger partial charge >= 0.3 is 5.97 Å². The van der Waals surface area contributed by atoms with E-state index in [1.54, 1.807) is 6.92 Å². The number of hydrogen-bond acceptors (Lipinski definition) is 4. The second kappa shape index (κ2) is 5.84. The Morgan fingerprint density at radius 3 is 2.76 bits per heavy atom. The molecule has 0 aromatic heterocycles. The Bertz CT molecular complexity index is 422. The van der Waals surface area contributed by atoms with Gasteiger partial charge in [0.25, 0.3) is 0 Å². The van der Waals surface area contributed by atoms with E-state index in [0.29, 0.717) is 0 Å². The van der Waals surface area contributed by atoms with E-state index < -0.39 is 17.9 Å². The molecule has 0 aliphatic carbocycles. The molecular formula is C11H12ClFO4. The van der Waals surface area contributed by atoms with E-state index in [0.717, 1.165) is 6.07 Å². The fraction of sp³-hybridized carbons (Fsp3) is 0.364. The Morgan fingerprint density at radius 1 is 1.59 bits per heavy atom. The second-order valence-corrected chi connectivity index (χ2v) is 3.54. The number of aliphatic hydroxyl groups excluding tert-OH is 1. The lowest BCUT2D eigenvalue weighted by Crippen LogP contribution is -2.17. The molecule has 0 heterocycles. The van der Waals surface area contributed by atoms with E-state index in [1.165, 1.54) is 13.2 Å². The maximum Gasteiger partial charge on any atom is 0.339 e. The predicted octanol–water partition coefficient (Wildman–Crippen LogP) is 2.08. The molecular weight excluding hydrogens is 251 g/mol. The molecule has 0 amide bonds. The lowest BCUT2D eigenvalue weighted by Gasteiger charge is -2.15. The van der Waals surface area contributed by atoms with Crippen LogP contribution in [0.2, 0.25) is 5.02 Å². The average molecular weight is 263 g/mol. The summed E-state index contributed by atoms with van der Waals surface area (Å²) in [6.07, 6.45) is -1.67. The maximum atomic E-state index is 13.4. The van der Waals surface area contributed by atoms with Gasteiger partial charge in [-0.15, -0.1) is 0 Å². The third-order valence-electron chi connectivity index (χ3n) is 2.08. The molecule has 0 fully saturated rings. The summed E-state index contributed by atoms with van der Waals surface area (Å²) in [5, 5.41) is 9.76. The highest BCUT2D eigenvalue weighted by Crippen LogP contribution is 2.34. The van der Waals surface area contributed by atoms with Gasteiger partial charge in [-0.25, -0.2) is 9.18 Å². The zero-order chi connectivity index (χ0) is 13.0. The third kappa shape index (κ3) is 2.87. The van der Waals surface area contributed by atoms with E-state index in [9.17, 15) is 14.3 Å².